The summed E-state index contributed by atoms with van der Waals surface area (Å²) < 4.78 is 2.20. The maximum absolute atomic E-state index is 11.9. The van der Waals surface area contributed by atoms with E-state index >= 15 is 0 Å². The van der Waals surface area contributed by atoms with E-state index < -0.39 is 0 Å². The summed E-state index contributed by atoms with van der Waals surface area (Å²) in [7, 11) is 0. The Morgan fingerprint density at radius 3 is 2.80 bits per heavy atom. The normalized spacial score (nSPS) is 18.8. The molecule has 0 unspecified atom stereocenters. The molecule has 104 valence electrons. The van der Waals surface area contributed by atoms with Gasteiger partial charge in [0.15, 0.2) is 0 Å². The molecular weight excluding hydrogens is 252 g/mol. The van der Waals surface area contributed by atoms with Crippen molar-refractivity contribution in [1.82, 2.24) is 9.88 Å². The highest BCUT2D eigenvalue weighted by atomic mass is 16.2. The lowest BCUT2D eigenvalue weighted by Crippen LogP contribution is -2.21. The number of carbonyl (C=O) groups is 2. The molecule has 0 radical (unpaired) electrons. The number of aromatic nitrogens is 1. The van der Waals surface area contributed by atoms with Crippen molar-refractivity contribution in [3.05, 3.63) is 36.0 Å². The van der Waals surface area contributed by atoms with Crippen LogP contribution in [0.15, 0.2) is 30.5 Å². The maximum atomic E-state index is 11.9. The smallest absolute Gasteiger partial charge is 0.234 e. The van der Waals surface area contributed by atoms with Crippen LogP contribution in [0.1, 0.15) is 37.7 Å². The third kappa shape index (κ3) is 2.11. The van der Waals surface area contributed by atoms with Crippen LogP contribution in [-0.4, -0.2) is 16.4 Å². The van der Waals surface area contributed by atoms with Crippen molar-refractivity contribution in [3.63, 3.8) is 0 Å². The molecule has 0 aliphatic carbocycles. The number of nitrogens with zero attached hydrogens (tertiary/aromatic N) is 1. The van der Waals surface area contributed by atoms with E-state index in [2.05, 4.69) is 22.9 Å². The Balaban J connectivity index is 2.06. The van der Waals surface area contributed by atoms with Gasteiger partial charge in [-0.1, -0.05) is 31.5 Å². The van der Waals surface area contributed by atoms with Crippen LogP contribution < -0.4 is 5.32 Å². The average molecular weight is 270 g/mol. The van der Waals surface area contributed by atoms with Gasteiger partial charge in [0.25, 0.3) is 0 Å². The van der Waals surface area contributed by atoms with E-state index in [1.54, 1.807) is 0 Å². The highest BCUT2D eigenvalue weighted by Crippen LogP contribution is 2.32. The second kappa shape index (κ2) is 5.12. The van der Waals surface area contributed by atoms with Crippen LogP contribution in [0.3, 0.4) is 0 Å². The number of hydrogen-bond acceptors (Lipinski definition) is 2. The van der Waals surface area contributed by atoms with E-state index in [4.69, 9.17) is 0 Å². The van der Waals surface area contributed by atoms with Crippen molar-refractivity contribution >= 4 is 22.7 Å². The topological polar surface area (TPSA) is 51.1 Å². The molecule has 2 amide bonds. The lowest BCUT2D eigenvalue weighted by molar-refractivity contribution is -0.125. The van der Waals surface area contributed by atoms with Gasteiger partial charge in [0, 0.05) is 30.1 Å². The third-order valence-electron chi connectivity index (χ3n) is 3.92. The Morgan fingerprint density at radius 2 is 2.10 bits per heavy atom. The summed E-state index contributed by atoms with van der Waals surface area (Å²) in [5.41, 5.74) is 2.11. The Kier molecular flexibility index (Phi) is 3.30. The van der Waals surface area contributed by atoms with Gasteiger partial charge in [-0.15, -0.1) is 0 Å². The monoisotopic (exact) mass is 270 g/mol. The molecule has 1 atom stereocenters. The van der Waals surface area contributed by atoms with Crippen molar-refractivity contribution in [3.8, 4) is 0 Å². The fourth-order valence-corrected chi connectivity index (χ4v) is 2.87. The molecule has 1 saturated heterocycles. The Labute approximate surface area is 117 Å². The average Bonchev–Trinajstić information content (AvgIpc) is 2.97. The Morgan fingerprint density at radius 1 is 1.30 bits per heavy atom. The number of carbonyl (C=O) groups excluding carboxylic acids is 2. The van der Waals surface area contributed by atoms with E-state index in [0.29, 0.717) is 0 Å². The van der Waals surface area contributed by atoms with Gasteiger partial charge in [-0.3, -0.25) is 14.9 Å². The first-order valence-electron chi connectivity index (χ1n) is 7.12. The van der Waals surface area contributed by atoms with E-state index in [9.17, 15) is 9.59 Å². The molecule has 4 heteroatoms. The van der Waals surface area contributed by atoms with E-state index in [0.717, 1.165) is 35.9 Å². The van der Waals surface area contributed by atoms with E-state index in [-0.39, 0.29) is 24.2 Å². The lowest BCUT2D eigenvalue weighted by Gasteiger charge is -2.03. The Hall–Kier alpha value is -2.10. The first-order valence-corrected chi connectivity index (χ1v) is 7.12. The predicted molar refractivity (Wildman–Crippen MR) is 77.4 cm³/mol. The second-order valence-electron chi connectivity index (χ2n) is 5.32. The van der Waals surface area contributed by atoms with Crippen LogP contribution in [0.4, 0.5) is 0 Å². The first-order chi connectivity index (χ1) is 9.70. The minimum atomic E-state index is -0.338. The van der Waals surface area contributed by atoms with Gasteiger partial charge >= 0.3 is 0 Å². The highest BCUT2D eigenvalue weighted by molar-refractivity contribution is 6.07. The number of imide groups is 1. The minimum Gasteiger partial charge on any atom is -0.347 e. The van der Waals surface area contributed by atoms with Crippen molar-refractivity contribution in [1.29, 1.82) is 0 Å². The molecular formula is C16H18N2O2. The van der Waals surface area contributed by atoms with Gasteiger partial charge in [-0.2, -0.15) is 0 Å². The van der Waals surface area contributed by atoms with Gasteiger partial charge in [0.1, 0.15) is 0 Å². The van der Waals surface area contributed by atoms with E-state index in [1.165, 1.54) is 0 Å². The Bertz CT molecular complexity index is 672. The molecule has 0 saturated carbocycles. The van der Waals surface area contributed by atoms with Crippen molar-refractivity contribution in [2.75, 3.05) is 0 Å². The fraction of sp³-hybridized carbons (Fsp3) is 0.375. The van der Waals surface area contributed by atoms with Gasteiger partial charge in [0.05, 0.1) is 5.92 Å². The molecule has 2 heterocycles. The zero-order valence-electron chi connectivity index (χ0n) is 11.6. The number of nitrogens with one attached hydrogen (secondary N) is 1. The van der Waals surface area contributed by atoms with Crippen molar-refractivity contribution in [2.24, 2.45) is 0 Å². The summed E-state index contributed by atoms with van der Waals surface area (Å²) in [5, 5.41) is 3.48. The van der Waals surface area contributed by atoms with Gasteiger partial charge < -0.3 is 4.57 Å². The number of fused-ring (bicyclic) bond motifs is 1. The number of benzene rings is 1. The summed E-state index contributed by atoms with van der Waals surface area (Å²) in [6.07, 6.45) is 4.54. The molecule has 2 aromatic rings. The second-order valence-corrected chi connectivity index (χ2v) is 5.32. The van der Waals surface area contributed by atoms with Crippen LogP contribution in [0, 0.1) is 0 Å². The zero-order chi connectivity index (χ0) is 14.1. The molecule has 1 aliphatic heterocycles. The molecule has 1 aromatic carbocycles. The molecule has 1 N–H and O–H groups in total. The van der Waals surface area contributed by atoms with Crippen LogP contribution in [-0.2, 0) is 16.1 Å². The molecule has 3 rings (SSSR count). The van der Waals surface area contributed by atoms with Crippen LogP contribution in [0.2, 0.25) is 0 Å². The van der Waals surface area contributed by atoms with Crippen molar-refractivity contribution < 1.29 is 9.59 Å². The number of unbranched alkanes of at least 4 members (excludes halogenated alkanes) is 1. The zero-order valence-corrected chi connectivity index (χ0v) is 11.6. The van der Waals surface area contributed by atoms with E-state index in [1.807, 2.05) is 24.4 Å². The first kappa shape index (κ1) is 12.9. The minimum absolute atomic E-state index is 0.173. The maximum Gasteiger partial charge on any atom is 0.234 e. The molecule has 20 heavy (non-hydrogen) atoms. The summed E-state index contributed by atoms with van der Waals surface area (Å²) in [4.78, 5) is 23.3. The summed E-state index contributed by atoms with van der Waals surface area (Å²) in [5.74, 6) is -0.686. The molecule has 4 nitrogen and oxygen atoms in total. The molecule has 0 spiro atoms. The third-order valence-corrected chi connectivity index (χ3v) is 3.92. The van der Waals surface area contributed by atoms with Crippen molar-refractivity contribution in [2.45, 2.75) is 38.6 Å². The molecule has 0 bridgehead atoms. The van der Waals surface area contributed by atoms with Gasteiger partial charge in [-0.05, 0) is 18.1 Å². The van der Waals surface area contributed by atoms with Crippen LogP contribution in [0.5, 0.6) is 0 Å². The predicted octanol–water partition coefficient (Wildman–Crippen LogP) is 2.57. The quantitative estimate of drug-likeness (QED) is 0.868. The number of aryl methyl sites for hydroxylation is 1. The van der Waals surface area contributed by atoms with Gasteiger partial charge in [-0.25, -0.2) is 0 Å². The number of rotatable bonds is 4. The summed E-state index contributed by atoms with van der Waals surface area (Å²) in [6.45, 7) is 3.11. The summed E-state index contributed by atoms with van der Waals surface area (Å²) >= 11 is 0. The fourth-order valence-electron chi connectivity index (χ4n) is 2.87. The largest absolute Gasteiger partial charge is 0.347 e. The molecule has 1 aliphatic rings. The number of para-hydroxylation sites is 1. The standard InChI is InChI=1S/C16H18N2O2/c1-2-3-8-18-10-13(11-6-4-5-7-14(11)18)12-9-15(19)17-16(12)20/h4-7,10,12H,2-3,8-9H2,1H3,(H,17,19,20)/t12-/m1/s1. The van der Waals surface area contributed by atoms with Crippen LogP contribution >= 0.6 is 0 Å². The SMILES string of the molecule is CCCCn1cc([C@H]2CC(=O)NC2=O)c2ccccc21. The number of amides is 2. The van der Waals surface area contributed by atoms with Crippen LogP contribution in [0.25, 0.3) is 10.9 Å². The molecule has 1 fully saturated rings. The lowest BCUT2D eigenvalue weighted by atomic mass is 9.97. The molecule has 1 aromatic heterocycles. The van der Waals surface area contributed by atoms with Gasteiger partial charge in [0.2, 0.25) is 11.8 Å². The highest BCUT2D eigenvalue weighted by Gasteiger charge is 2.33. The summed E-state index contributed by atoms with van der Waals surface area (Å²) in [6, 6.07) is 8.09. The number of hydrogen-bond donors (Lipinski definition) is 1.